The Morgan fingerprint density at radius 3 is 2.50 bits per heavy atom. The molecule has 3 N–H and O–H groups in total. The normalized spacial score (nSPS) is 11.1. The highest BCUT2D eigenvalue weighted by Gasteiger charge is 2.16. The molecule has 0 amide bonds. The summed E-state index contributed by atoms with van der Waals surface area (Å²) >= 11 is 10.7. The molecule has 0 unspecified atom stereocenters. The molecule has 0 aliphatic rings. The molecule has 104 valence electrons. The van der Waals surface area contributed by atoms with Crippen molar-refractivity contribution in [2.24, 2.45) is 5.73 Å². The average Bonchev–Trinajstić information content (AvgIpc) is 2.41. The molecule has 0 aliphatic heterocycles. The largest absolute Gasteiger partial charge is 0.388 e. The Bertz CT molecular complexity index is 746. The van der Waals surface area contributed by atoms with Crippen LogP contribution in [0.5, 0.6) is 0 Å². The van der Waals surface area contributed by atoms with Gasteiger partial charge in [-0.2, -0.15) is 0 Å². The monoisotopic (exact) mass is 327 g/mol. The summed E-state index contributed by atoms with van der Waals surface area (Å²) in [5, 5.41) is 0.309. The van der Waals surface area contributed by atoms with Crippen LogP contribution in [0, 0.1) is 0 Å². The number of nitrogens with zero attached hydrogens (tertiary/aromatic N) is 1. The highest BCUT2D eigenvalue weighted by Crippen LogP contribution is 2.23. The lowest BCUT2D eigenvalue weighted by Crippen LogP contribution is -2.15. The molecule has 0 bridgehead atoms. The first-order valence-corrected chi connectivity index (χ1v) is 7.70. The van der Waals surface area contributed by atoms with Crippen LogP contribution in [0.15, 0.2) is 47.5 Å². The number of rotatable bonds is 4. The van der Waals surface area contributed by atoms with Crippen LogP contribution in [0.3, 0.4) is 0 Å². The number of aromatic nitrogens is 1. The summed E-state index contributed by atoms with van der Waals surface area (Å²) in [6, 6.07) is 9.37. The maximum Gasteiger partial charge on any atom is 0.263 e. The van der Waals surface area contributed by atoms with Gasteiger partial charge in [-0.05, 0) is 24.3 Å². The maximum atomic E-state index is 12.2. The van der Waals surface area contributed by atoms with Gasteiger partial charge in [0.05, 0.1) is 16.4 Å². The number of pyridine rings is 1. The lowest BCUT2D eigenvalue weighted by molar-refractivity contribution is 0.601. The molecule has 1 heterocycles. The number of hydrogen-bond donors (Lipinski definition) is 2. The first-order valence-electron chi connectivity index (χ1n) is 5.43. The number of thiocarbonyl (C=S) groups is 1. The van der Waals surface area contributed by atoms with E-state index < -0.39 is 10.0 Å². The van der Waals surface area contributed by atoms with Gasteiger partial charge in [0.25, 0.3) is 10.0 Å². The van der Waals surface area contributed by atoms with Crippen molar-refractivity contribution in [1.29, 1.82) is 0 Å². The molecule has 0 saturated carbocycles. The van der Waals surface area contributed by atoms with Gasteiger partial charge in [0, 0.05) is 6.20 Å². The topological polar surface area (TPSA) is 85.1 Å². The Morgan fingerprint density at radius 1 is 1.25 bits per heavy atom. The summed E-state index contributed by atoms with van der Waals surface area (Å²) < 4.78 is 26.7. The lowest BCUT2D eigenvalue weighted by Gasteiger charge is -2.09. The summed E-state index contributed by atoms with van der Waals surface area (Å²) in [6.45, 7) is 0. The average molecular weight is 328 g/mol. The van der Waals surface area contributed by atoms with E-state index in [-0.39, 0.29) is 9.88 Å². The molecule has 0 aliphatic carbocycles. The third kappa shape index (κ3) is 3.24. The summed E-state index contributed by atoms with van der Waals surface area (Å²) in [7, 11) is -3.76. The van der Waals surface area contributed by atoms with E-state index in [9.17, 15) is 8.42 Å². The number of para-hydroxylation sites is 1. The van der Waals surface area contributed by atoms with Crippen LogP contribution in [-0.4, -0.2) is 18.4 Å². The van der Waals surface area contributed by atoms with Gasteiger partial charge in [-0.3, -0.25) is 9.71 Å². The van der Waals surface area contributed by atoms with Crippen LogP contribution in [0.25, 0.3) is 0 Å². The molecule has 1 aromatic carbocycles. The Balaban J connectivity index is 2.31. The zero-order valence-corrected chi connectivity index (χ0v) is 12.5. The predicted octanol–water partition coefficient (Wildman–Crippen LogP) is 2.17. The minimum absolute atomic E-state index is 0.00239. The summed E-state index contributed by atoms with van der Waals surface area (Å²) in [6.07, 6.45) is 1.19. The van der Waals surface area contributed by atoms with Crippen molar-refractivity contribution < 1.29 is 8.42 Å². The van der Waals surface area contributed by atoms with Gasteiger partial charge < -0.3 is 5.73 Å². The lowest BCUT2D eigenvalue weighted by atomic mass is 10.3. The van der Waals surface area contributed by atoms with Crippen LogP contribution in [0.4, 0.5) is 5.69 Å². The van der Waals surface area contributed by atoms with Crippen LogP contribution in [-0.2, 0) is 10.0 Å². The molecule has 0 atom stereocenters. The Morgan fingerprint density at radius 2 is 1.95 bits per heavy atom. The van der Waals surface area contributed by atoms with Gasteiger partial charge in [-0.1, -0.05) is 36.0 Å². The van der Waals surface area contributed by atoms with Gasteiger partial charge in [0.15, 0.2) is 0 Å². The summed E-state index contributed by atoms with van der Waals surface area (Å²) in [5.74, 6) is 0. The highest BCUT2D eigenvalue weighted by molar-refractivity contribution is 7.92. The number of benzene rings is 1. The Hall–Kier alpha value is -1.70. The van der Waals surface area contributed by atoms with E-state index in [0.29, 0.717) is 16.4 Å². The third-order valence-electron chi connectivity index (χ3n) is 2.42. The second-order valence-corrected chi connectivity index (χ2v) is 6.36. The zero-order valence-electron chi connectivity index (χ0n) is 10.1. The van der Waals surface area contributed by atoms with E-state index in [1.54, 1.807) is 24.3 Å². The number of nitrogens with two attached hydrogens (primary N) is 1. The van der Waals surface area contributed by atoms with E-state index in [1.807, 2.05) is 0 Å². The molecule has 0 spiro atoms. The van der Waals surface area contributed by atoms with Crippen molar-refractivity contribution in [3.63, 3.8) is 0 Å². The van der Waals surface area contributed by atoms with Crippen LogP contribution >= 0.6 is 23.8 Å². The smallest absolute Gasteiger partial charge is 0.263 e. The van der Waals surface area contributed by atoms with Crippen LogP contribution < -0.4 is 10.5 Å². The predicted molar refractivity (Wildman–Crippen MR) is 82.4 cm³/mol. The Labute approximate surface area is 126 Å². The molecule has 0 saturated heterocycles. The SMILES string of the molecule is NC(=S)c1ccc(S(=O)(=O)Nc2ccccc2Cl)cn1. The van der Waals surface area contributed by atoms with Gasteiger partial charge >= 0.3 is 0 Å². The molecular weight excluding hydrogens is 318 g/mol. The zero-order chi connectivity index (χ0) is 14.8. The molecular formula is C12H10ClN3O2S2. The fraction of sp³-hybridized carbons (Fsp3) is 0. The second kappa shape index (κ2) is 5.74. The van der Waals surface area contributed by atoms with Gasteiger partial charge in [-0.25, -0.2) is 8.42 Å². The third-order valence-corrected chi connectivity index (χ3v) is 4.31. The minimum atomic E-state index is -3.76. The van der Waals surface area contributed by atoms with Crippen molar-refractivity contribution >= 4 is 44.5 Å². The maximum absolute atomic E-state index is 12.2. The molecule has 2 rings (SSSR count). The van der Waals surface area contributed by atoms with E-state index in [2.05, 4.69) is 9.71 Å². The van der Waals surface area contributed by atoms with E-state index in [4.69, 9.17) is 29.6 Å². The van der Waals surface area contributed by atoms with Crippen molar-refractivity contribution in [3.05, 3.63) is 53.3 Å². The standard InChI is InChI=1S/C12H10ClN3O2S2/c13-9-3-1-2-4-10(9)16-20(17,18)8-5-6-11(12(14)19)15-7-8/h1-7,16H,(H2,14,19). The highest BCUT2D eigenvalue weighted by atomic mass is 35.5. The van der Waals surface area contributed by atoms with Crippen molar-refractivity contribution in [2.75, 3.05) is 4.72 Å². The van der Waals surface area contributed by atoms with E-state index >= 15 is 0 Å². The molecule has 0 radical (unpaired) electrons. The van der Waals surface area contributed by atoms with E-state index in [1.165, 1.54) is 18.3 Å². The molecule has 5 nitrogen and oxygen atoms in total. The first kappa shape index (κ1) is 14.7. The fourth-order valence-electron chi connectivity index (χ4n) is 1.43. The fourth-order valence-corrected chi connectivity index (χ4v) is 2.82. The van der Waals surface area contributed by atoms with Crippen molar-refractivity contribution in [1.82, 2.24) is 4.98 Å². The number of hydrogen-bond acceptors (Lipinski definition) is 4. The number of anilines is 1. The molecule has 2 aromatic rings. The number of halogens is 1. The number of nitrogens with one attached hydrogen (secondary N) is 1. The summed E-state index contributed by atoms with van der Waals surface area (Å²) in [5.41, 5.74) is 6.06. The van der Waals surface area contributed by atoms with Gasteiger partial charge in [0.2, 0.25) is 0 Å². The van der Waals surface area contributed by atoms with Gasteiger partial charge in [0.1, 0.15) is 9.88 Å². The first-order chi connectivity index (χ1) is 9.40. The molecule has 1 aromatic heterocycles. The quantitative estimate of drug-likeness (QED) is 0.841. The number of sulfonamides is 1. The van der Waals surface area contributed by atoms with E-state index in [0.717, 1.165) is 0 Å². The van der Waals surface area contributed by atoms with Crippen molar-refractivity contribution in [2.45, 2.75) is 4.90 Å². The molecule has 8 heteroatoms. The Kier molecular flexibility index (Phi) is 4.22. The second-order valence-electron chi connectivity index (χ2n) is 3.83. The molecule has 0 fully saturated rings. The van der Waals surface area contributed by atoms with Crippen molar-refractivity contribution in [3.8, 4) is 0 Å². The van der Waals surface area contributed by atoms with Crippen LogP contribution in [0.1, 0.15) is 5.69 Å². The summed E-state index contributed by atoms with van der Waals surface area (Å²) in [4.78, 5) is 3.99. The molecule has 20 heavy (non-hydrogen) atoms. The van der Waals surface area contributed by atoms with Gasteiger partial charge in [-0.15, -0.1) is 0 Å². The minimum Gasteiger partial charge on any atom is -0.388 e. The van der Waals surface area contributed by atoms with Crippen LogP contribution in [0.2, 0.25) is 5.02 Å².